The number of amidine groups is 2. The van der Waals surface area contributed by atoms with Crippen LogP contribution < -0.4 is 5.32 Å². The quantitative estimate of drug-likeness (QED) is 0.175. The molecule has 8 aromatic rings. The van der Waals surface area contributed by atoms with Gasteiger partial charge in [-0.05, 0) is 80.0 Å². The second kappa shape index (κ2) is 14.0. The summed E-state index contributed by atoms with van der Waals surface area (Å²) in [6.07, 6.45) is -0.456. The van der Waals surface area contributed by atoms with Gasteiger partial charge in [-0.15, -0.1) is 0 Å². The van der Waals surface area contributed by atoms with Crippen molar-refractivity contribution in [3.63, 3.8) is 0 Å². The number of aromatic nitrogens is 1. The number of rotatable bonds is 6. The molecule has 55 heavy (non-hydrogen) atoms. The highest BCUT2D eigenvalue weighted by atomic mass is 15.2. The summed E-state index contributed by atoms with van der Waals surface area (Å²) in [6.45, 7) is 8.72. The van der Waals surface area contributed by atoms with E-state index in [0.29, 0.717) is 0 Å². The van der Waals surface area contributed by atoms with Gasteiger partial charge in [0.2, 0.25) is 0 Å². The minimum absolute atomic E-state index is 0.111. The Hall–Kier alpha value is -6.65. The van der Waals surface area contributed by atoms with Gasteiger partial charge in [0.1, 0.15) is 11.7 Å². The zero-order chi connectivity index (χ0) is 37.5. The van der Waals surface area contributed by atoms with Gasteiger partial charge < -0.3 is 5.32 Å². The Bertz CT molecular complexity index is 2720. The van der Waals surface area contributed by atoms with Crippen LogP contribution in [0.5, 0.6) is 0 Å². The molecule has 0 saturated carbocycles. The Kier molecular flexibility index (Phi) is 8.67. The molecule has 266 valence electrons. The zero-order valence-corrected chi connectivity index (χ0v) is 31.6. The molecule has 1 unspecified atom stereocenters. The van der Waals surface area contributed by atoms with Gasteiger partial charge in [-0.25, -0.2) is 9.98 Å². The van der Waals surface area contributed by atoms with Crippen LogP contribution in [-0.4, -0.2) is 16.7 Å². The number of aryl methyl sites for hydroxylation is 1. The number of nitrogens with one attached hydrogen (secondary N) is 1. The Morgan fingerprint density at radius 1 is 0.455 bits per heavy atom. The predicted molar refractivity (Wildman–Crippen MR) is 231 cm³/mol. The smallest absolute Gasteiger partial charge is 0.169 e. The Balaban J connectivity index is 1.19. The van der Waals surface area contributed by atoms with Crippen LogP contribution in [-0.2, 0) is 5.41 Å². The first-order chi connectivity index (χ1) is 26.8. The average Bonchev–Trinajstić information content (AvgIpc) is 3.23. The van der Waals surface area contributed by atoms with E-state index in [2.05, 4.69) is 197 Å². The van der Waals surface area contributed by atoms with Crippen molar-refractivity contribution in [1.29, 1.82) is 0 Å². The minimum atomic E-state index is -0.456. The number of nitrogens with zero attached hydrogens (tertiary/aromatic N) is 3. The van der Waals surface area contributed by atoms with Crippen molar-refractivity contribution in [3.8, 4) is 33.4 Å². The first kappa shape index (κ1) is 34.1. The van der Waals surface area contributed by atoms with E-state index in [4.69, 9.17) is 15.0 Å². The first-order valence-corrected chi connectivity index (χ1v) is 19.0. The minimum Gasteiger partial charge on any atom is -0.324 e. The van der Waals surface area contributed by atoms with E-state index in [-0.39, 0.29) is 5.41 Å². The fraction of sp³-hybridized carbons (Fsp3) is 0.118. The summed E-state index contributed by atoms with van der Waals surface area (Å²) in [5, 5.41) is 8.53. The molecule has 1 aliphatic heterocycles. The van der Waals surface area contributed by atoms with Gasteiger partial charge >= 0.3 is 0 Å². The molecule has 1 aliphatic rings. The van der Waals surface area contributed by atoms with Gasteiger partial charge in [-0.1, -0.05) is 172 Å². The third kappa shape index (κ3) is 6.51. The third-order valence-corrected chi connectivity index (χ3v) is 10.4. The topological polar surface area (TPSA) is 49.6 Å². The molecule has 0 bridgehead atoms. The SMILES string of the molecule is Cc1ccc(-c2cccc(C3=NC(c4cccc(-c5c6ccccc6c(-c6ccccc6)c6ccccc56)c4)N=C(c4ccccc4)N3)c2)c(C(C)(C)C)n1. The summed E-state index contributed by atoms with van der Waals surface area (Å²) >= 11 is 0. The van der Waals surface area contributed by atoms with Crippen LogP contribution >= 0.6 is 0 Å². The normalized spacial score (nSPS) is 14.4. The highest BCUT2D eigenvalue weighted by Crippen LogP contribution is 2.44. The lowest BCUT2D eigenvalue weighted by Gasteiger charge is -2.24. The highest BCUT2D eigenvalue weighted by Gasteiger charge is 2.24. The number of benzene rings is 7. The standard InChI is InChI=1S/C51H42N4/c1-33-29-30-40(47(52-33)51(2,3)4)36-21-15-23-38(31-36)49-53-48(35-19-9-6-10-20-35)54-50(55-49)39-24-16-22-37(32-39)46-43-27-13-11-25-41(43)45(34-17-7-5-8-18-34)42-26-12-14-28-44(42)46/h5-32,50H,1-4H3,(H,53,54,55). The molecular formula is C51H42N4. The van der Waals surface area contributed by atoms with E-state index < -0.39 is 6.17 Å². The summed E-state index contributed by atoms with van der Waals surface area (Å²) in [5.74, 6) is 1.58. The van der Waals surface area contributed by atoms with Gasteiger partial charge in [-0.2, -0.15) is 0 Å². The monoisotopic (exact) mass is 710 g/mol. The van der Waals surface area contributed by atoms with Crippen LogP contribution in [0.3, 0.4) is 0 Å². The van der Waals surface area contributed by atoms with Crippen molar-refractivity contribution in [2.75, 3.05) is 0 Å². The van der Waals surface area contributed by atoms with Crippen LogP contribution in [0.1, 0.15) is 55.0 Å². The molecule has 1 aromatic heterocycles. The molecule has 1 N–H and O–H groups in total. The average molecular weight is 711 g/mol. The van der Waals surface area contributed by atoms with Gasteiger partial charge in [0.05, 0.1) is 5.69 Å². The summed E-state index contributed by atoms with van der Waals surface area (Å²) in [6, 6.07) is 60.4. The van der Waals surface area contributed by atoms with Crippen LogP contribution in [0, 0.1) is 6.92 Å². The molecule has 7 aromatic carbocycles. The van der Waals surface area contributed by atoms with Gasteiger partial charge in [0.25, 0.3) is 0 Å². The molecule has 0 amide bonds. The van der Waals surface area contributed by atoms with Crippen molar-refractivity contribution < 1.29 is 0 Å². The summed E-state index contributed by atoms with van der Waals surface area (Å²) in [4.78, 5) is 15.6. The van der Waals surface area contributed by atoms with Crippen molar-refractivity contribution in [1.82, 2.24) is 10.3 Å². The van der Waals surface area contributed by atoms with E-state index in [1.807, 2.05) is 6.07 Å². The molecule has 2 heterocycles. The highest BCUT2D eigenvalue weighted by molar-refractivity contribution is 6.21. The maximum atomic E-state index is 5.33. The lowest BCUT2D eigenvalue weighted by molar-refractivity contribution is 0.569. The molecule has 4 nitrogen and oxygen atoms in total. The predicted octanol–water partition coefficient (Wildman–Crippen LogP) is 12.5. The Morgan fingerprint density at radius 3 is 1.56 bits per heavy atom. The van der Waals surface area contributed by atoms with Gasteiger partial charge in [0.15, 0.2) is 6.17 Å². The number of hydrogen-bond acceptors (Lipinski definition) is 4. The number of aliphatic imine (C=N–C) groups is 2. The van der Waals surface area contributed by atoms with Crippen LogP contribution in [0.15, 0.2) is 180 Å². The summed E-state index contributed by atoms with van der Waals surface area (Å²) in [5.41, 5.74) is 12.1. The maximum Gasteiger partial charge on any atom is 0.169 e. The lowest BCUT2D eigenvalue weighted by atomic mass is 9.85. The van der Waals surface area contributed by atoms with Crippen molar-refractivity contribution in [2.24, 2.45) is 9.98 Å². The molecule has 9 rings (SSSR count). The van der Waals surface area contributed by atoms with E-state index in [1.165, 1.54) is 38.2 Å². The lowest BCUT2D eigenvalue weighted by Crippen LogP contribution is -2.36. The second-order valence-electron chi connectivity index (χ2n) is 15.3. The van der Waals surface area contributed by atoms with Crippen LogP contribution in [0.2, 0.25) is 0 Å². The maximum absolute atomic E-state index is 5.33. The Morgan fingerprint density at radius 2 is 0.945 bits per heavy atom. The van der Waals surface area contributed by atoms with Gasteiger partial charge in [-0.3, -0.25) is 4.98 Å². The molecule has 1 atom stereocenters. The number of fused-ring (bicyclic) bond motifs is 2. The van der Waals surface area contributed by atoms with E-state index in [1.54, 1.807) is 0 Å². The van der Waals surface area contributed by atoms with Crippen LogP contribution in [0.4, 0.5) is 0 Å². The zero-order valence-electron chi connectivity index (χ0n) is 31.6. The second-order valence-corrected chi connectivity index (χ2v) is 15.3. The van der Waals surface area contributed by atoms with Crippen molar-refractivity contribution in [2.45, 2.75) is 39.3 Å². The fourth-order valence-corrected chi connectivity index (χ4v) is 7.89. The van der Waals surface area contributed by atoms with Gasteiger partial charge in [0, 0.05) is 27.8 Å². The molecule has 4 heteroatoms. The third-order valence-electron chi connectivity index (χ3n) is 10.4. The Labute approximate surface area is 323 Å². The summed E-state index contributed by atoms with van der Waals surface area (Å²) < 4.78 is 0. The van der Waals surface area contributed by atoms with Crippen LogP contribution in [0.25, 0.3) is 54.9 Å². The molecule has 0 fully saturated rings. The fourth-order valence-electron chi connectivity index (χ4n) is 7.89. The first-order valence-electron chi connectivity index (χ1n) is 19.0. The van der Waals surface area contributed by atoms with E-state index in [9.17, 15) is 0 Å². The number of pyridine rings is 1. The molecular weight excluding hydrogens is 669 g/mol. The molecule has 0 spiro atoms. The molecule has 0 aliphatic carbocycles. The van der Waals surface area contributed by atoms with Crippen molar-refractivity contribution >= 4 is 33.2 Å². The molecule has 0 radical (unpaired) electrons. The molecule has 0 saturated heterocycles. The van der Waals surface area contributed by atoms with E-state index in [0.717, 1.165) is 56.4 Å². The summed E-state index contributed by atoms with van der Waals surface area (Å²) in [7, 11) is 0. The van der Waals surface area contributed by atoms with Crippen molar-refractivity contribution in [3.05, 3.63) is 198 Å². The van der Waals surface area contributed by atoms with E-state index >= 15 is 0 Å². The number of hydrogen-bond donors (Lipinski definition) is 1. The largest absolute Gasteiger partial charge is 0.324 e.